The molecule has 0 aliphatic carbocycles. The van der Waals surface area contributed by atoms with Crippen molar-refractivity contribution in [3.8, 4) is 0 Å². The van der Waals surface area contributed by atoms with Crippen LogP contribution < -0.4 is 5.32 Å². The van der Waals surface area contributed by atoms with Crippen LogP contribution in [0.4, 0.5) is 4.39 Å². The molecule has 1 rings (SSSR count). The van der Waals surface area contributed by atoms with Crippen molar-refractivity contribution >= 4 is 15.9 Å². The second kappa shape index (κ2) is 7.39. The molecule has 0 saturated heterocycles. The highest BCUT2D eigenvalue weighted by Crippen LogP contribution is 2.31. The lowest BCUT2D eigenvalue weighted by Gasteiger charge is -2.31. The van der Waals surface area contributed by atoms with Crippen molar-refractivity contribution in [3.05, 3.63) is 34.1 Å². The molecule has 0 heterocycles. The molecule has 1 N–H and O–H groups in total. The largest absolute Gasteiger partial charge is 0.316 e. The lowest BCUT2D eigenvalue weighted by molar-refractivity contribution is 0.230. The van der Waals surface area contributed by atoms with Crippen LogP contribution in [0.1, 0.15) is 39.7 Å². The molecule has 0 radical (unpaired) electrons. The Kier molecular flexibility index (Phi) is 6.48. The second-order valence-electron chi connectivity index (χ2n) is 6.18. The van der Waals surface area contributed by atoms with Crippen LogP contribution in [0.2, 0.25) is 0 Å². The molecule has 0 aliphatic rings. The van der Waals surface area contributed by atoms with Crippen molar-refractivity contribution in [3.63, 3.8) is 0 Å². The fraction of sp³-hybridized carbons (Fsp3) is 0.625. The minimum Gasteiger partial charge on any atom is -0.316 e. The van der Waals surface area contributed by atoms with E-state index in [2.05, 4.69) is 48.9 Å². The van der Waals surface area contributed by atoms with E-state index in [0.29, 0.717) is 10.4 Å². The Morgan fingerprint density at radius 3 is 2.58 bits per heavy atom. The first-order valence-corrected chi connectivity index (χ1v) is 7.79. The third-order valence-electron chi connectivity index (χ3n) is 3.54. The summed E-state index contributed by atoms with van der Waals surface area (Å²) in [6, 6.07) is 5.29. The fourth-order valence-corrected chi connectivity index (χ4v) is 2.54. The van der Waals surface area contributed by atoms with Gasteiger partial charge in [0.15, 0.2) is 0 Å². The highest BCUT2D eigenvalue weighted by Gasteiger charge is 2.25. The third-order valence-corrected chi connectivity index (χ3v) is 4.43. The summed E-state index contributed by atoms with van der Waals surface area (Å²) < 4.78 is 14.2. The van der Waals surface area contributed by atoms with Gasteiger partial charge in [0.1, 0.15) is 5.82 Å². The van der Waals surface area contributed by atoms with Crippen LogP contribution in [0.3, 0.4) is 0 Å². The summed E-state index contributed by atoms with van der Waals surface area (Å²) in [6.45, 7) is 10.9. The van der Waals surface area contributed by atoms with Gasteiger partial charge < -0.3 is 5.32 Å². The minimum atomic E-state index is -0.174. The molecular formula is C16H25BrFN. The predicted octanol–water partition coefficient (Wildman–Crippen LogP) is 4.79. The zero-order valence-electron chi connectivity index (χ0n) is 12.4. The first-order chi connectivity index (χ1) is 8.86. The summed E-state index contributed by atoms with van der Waals surface area (Å²) in [7, 11) is 0. The van der Waals surface area contributed by atoms with Crippen molar-refractivity contribution < 1.29 is 4.39 Å². The molecule has 0 aliphatic heterocycles. The van der Waals surface area contributed by atoms with Gasteiger partial charge in [-0.3, -0.25) is 0 Å². The molecule has 0 aromatic heterocycles. The number of rotatable bonds is 6. The summed E-state index contributed by atoms with van der Waals surface area (Å²) in [5.74, 6) is 0.309. The van der Waals surface area contributed by atoms with Crippen LogP contribution in [0.5, 0.6) is 0 Å². The Morgan fingerprint density at radius 2 is 2.00 bits per heavy atom. The number of nitrogens with one attached hydrogen (secondary N) is 1. The molecule has 0 spiro atoms. The molecule has 1 nitrogen and oxygen atoms in total. The SMILES string of the molecule is CCCNCC(Cc1cccc(F)c1Br)C(C)(C)C. The van der Waals surface area contributed by atoms with E-state index < -0.39 is 0 Å². The maximum absolute atomic E-state index is 13.6. The zero-order chi connectivity index (χ0) is 14.5. The highest BCUT2D eigenvalue weighted by atomic mass is 79.9. The van der Waals surface area contributed by atoms with Gasteiger partial charge in [0.25, 0.3) is 0 Å². The van der Waals surface area contributed by atoms with Crippen LogP contribution >= 0.6 is 15.9 Å². The van der Waals surface area contributed by atoms with E-state index in [1.807, 2.05) is 6.07 Å². The topological polar surface area (TPSA) is 12.0 Å². The van der Waals surface area contributed by atoms with Crippen molar-refractivity contribution in [2.45, 2.75) is 40.5 Å². The summed E-state index contributed by atoms with van der Waals surface area (Å²) in [5, 5.41) is 3.49. The molecule has 108 valence electrons. The second-order valence-corrected chi connectivity index (χ2v) is 6.98. The van der Waals surface area contributed by atoms with Crippen LogP contribution in [0.15, 0.2) is 22.7 Å². The van der Waals surface area contributed by atoms with Crippen LogP contribution in [-0.4, -0.2) is 13.1 Å². The number of benzene rings is 1. The summed E-state index contributed by atoms with van der Waals surface area (Å²) in [5.41, 5.74) is 1.25. The molecule has 1 aromatic carbocycles. The Labute approximate surface area is 125 Å². The molecule has 1 aromatic rings. The fourth-order valence-electron chi connectivity index (χ4n) is 2.11. The maximum Gasteiger partial charge on any atom is 0.137 e. The minimum absolute atomic E-state index is 0.174. The molecule has 0 saturated carbocycles. The van der Waals surface area contributed by atoms with Gasteiger partial charge in [-0.15, -0.1) is 0 Å². The summed E-state index contributed by atoms with van der Waals surface area (Å²) >= 11 is 3.36. The normalized spacial score (nSPS) is 13.6. The van der Waals surface area contributed by atoms with Crippen LogP contribution in [-0.2, 0) is 6.42 Å². The van der Waals surface area contributed by atoms with Crippen LogP contribution in [0, 0.1) is 17.2 Å². The molecule has 1 unspecified atom stereocenters. The van der Waals surface area contributed by atoms with E-state index in [4.69, 9.17) is 0 Å². The average molecular weight is 330 g/mol. The van der Waals surface area contributed by atoms with Crippen molar-refractivity contribution in [1.29, 1.82) is 0 Å². The van der Waals surface area contributed by atoms with Gasteiger partial charge in [-0.25, -0.2) is 4.39 Å². The summed E-state index contributed by atoms with van der Waals surface area (Å²) in [6.07, 6.45) is 2.03. The Balaban J connectivity index is 2.79. The number of hydrogen-bond donors (Lipinski definition) is 1. The Hall–Kier alpha value is -0.410. The van der Waals surface area contributed by atoms with Gasteiger partial charge in [0.2, 0.25) is 0 Å². The van der Waals surface area contributed by atoms with Crippen molar-refractivity contribution in [1.82, 2.24) is 5.32 Å². The Bertz CT molecular complexity index is 398. The first kappa shape index (κ1) is 16.6. The lowest BCUT2D eigenvalue weighted by atomic mass is 9.77. The predicted molar refractivity (Wildman–Crippen MR) is 83.9 cm³/mol. The van der Waals surface area contributed by atoms with E-state index in [-0.39, 0.29) is 11.2 Å². The van der Waals surface area contributed by atoms with Gasteiger partial charge in [0.05, 0.1) is 4.47 Å². The highest BCUT2D eigenvalue weighted by molar-refractivity contribution is 9.10. The van der Waals surface area contributed by atoms with Crippen LogP contribution in [0.25, 0.3) is 0 Å². The maximum atomic E-state index is 13.6. The Morgan fingerprint density at radius 1 is 1.32 bits per heavy atom. The summed E-state index contributed by atoms with van der Waals surface area (Å²) in [4.78, 5) is 0. The van der Waals surface area contributed by atoms with Gasteiger partial charge in [-0.1, -0.05) is 39.8 Å². The smallest absolute Gasteiger partial charge is 0.137 e. The molecule has 0 amide bonds. The molecule has 19 heavy (non-hydrogen) atoms. The zero-order valence-corrected chi connectivity index (χ0v) is 14.0. The molecule has 3 heteroatoms. The quantitative estimate of drug-likeness (QED) is 0.739. The van der Waals surface area contributed by atoms with E-state index >= 15 is 0 Å². The molecule has 1 atom stereocenters. The standard InChI is InChI=1S/C16H25BrFN/c1-5-9-19-11-13(16(2,3)4)10-12-7-6-8-14(18)15(12)17/h6-8,13,19H,5,9-11H2,1-4H3. The van der Waals surface area contributed by atoms with E-state index in [1.54, 1.807) is 6.07 Å². The molecule has 0 fully saturated rings. The van der Waals surface area contributed by atoms with Gasteiger partial charge in [-0.05, 0) is 64.8 Å². The van der Waals surface area contributed by atoms with Gasteiger partial charge >= 0.3 is 0 Å². The lowest BCUT2D eigenvalue weighted by Crippen LogP contribution is -2.33. The first-order valence-electron chi connectivity index (χ1n) is 6.99. The molecule has 0 bridgehead atoms. The number of halogens is 2. The van der Waals surface area contributed by atoms with E-state index in [1.165, 1.54) is 6.07 Å². The number of hydrogen-bond acceptors (Lipinski definition) is 1. The monoisotopic (exact) mass is 329 g/mol. The molecular weight excluding hydrogens is 305 g/mol. The average Bonchev–Trinajstić information content (AvgIpc) is 2.32. The van der Waals surface area contributed by atoms with Gasteiger partial charge in [-0.2, -0.15) is 0 Å². The van der Waals surface area contributed by atoms with Crippen molar-refractivity contribution in [2.24, 2.45) is 11.3 Å². The van der Waals surface area contributed by atoms with Gasteiger partial charge in [0, 0.05) is 0 Å². The third kappa shape index (κ3) is 5.23. The van der Waals surface area contributed by atoms with E-state index in [9.17, 15) is 4.39 Å². The van der Waals surface area contributed by atoms with E-state index in [0.717, 1.165) is 31.5 Å². The van der Waals surface area contributed by atoms with Crippen molar-refractivity contribution in [2.75, 3.05) is 13.1 Å².